The number of anilines is 3. The predicted octanol–water partition coefficient (Wildman–Crippen LogP) is 5.65. The Morgan fingerprint density at radius 3 is 2.52 bits per heavy atom. The number of aromatic nitrogens is 2. The fourth-order valence-electron chi connectivity index (χ4n) is 3.02. The highest BCUT2D eigenvalue weighted by molar-refractivity contribution is 14.1. The van der Waals surface area contributed by atoms with Crippen LogP contribution in [0.5, 0.6) is 0 Å². The molecule has 0 saturated carbocycles. The molecule has 1 heterocycles. The zero-order valence-corrected chi connectivity index (χ0v) is 19.3. The van der Waals surface area contributed by atoms with E-state index in [1.54, 1.807) is 6.07 Å². The third-order valence-corrected chi connectivity index (χ3v) is 5.43. The Labute approximate surface area is 192 Å². The molecule has 0 aliphatic heterocycles. The first kappa shape index (κ1) is 23.3. The third-order valence-electron chi connectivity index (χ3n) is 4.76. The Morgan fingerprint density at radius 2 is 1.81 bits per heavy atom. The smallest absolute Gasteiger partial charge is 0.315 e. The SMILES string of the molecule is CCN(CC)CCCNc1nnc(-c2ccc(F)c(F)c2Nc2ccc(I)cc2F)o1. The van der Waals surface area contributed by atoms with Crippen LogP contribution in [0.1, 0.15) is 20.3 Å². The van der Waals surface area contributed by atoms with Crippen LogP contribution in [0.2, 0.25) is 0 Å². The number of benzene rings is 2. The lowest BCUT2D eigenvalue weighted by molar-refractivity contribution is 0.302. The van der Waals surface area contributed by atoms with Crippen LogP contribution >= 0.6 is 22.6 Å². The summed E-state index contributed by atoms with van der Waals surface area (Å²) in [6.45, 7) is 7.73. The highest BCUT2D eigenvalue weighted by Crippen LogP contribution is 2.34. The van der Waals surface area contributed by atoms with Crippen molar-refractivity contribution in [1.29, 1.82) is 0 Å². The van der Waals surface area contributed by atoms with Gasteiger partial charge in [0.2, 0.25) is 0 Å². The first-order valence-electron chi connectivity index (χ1n) is 9.93. The van der Waals surface area contributed by atoms with Crippen LogP contribution in [0.15, 0.2) is 34.7 Å². The van der Waals surface area contributed by atoms with E-state index in [4.69, 9.17) is 4.42 Å². The zero-order chi connectivity index (χ0) is 22.4. The quantitative estimate of drug-likeness (QED) is 0.254. The van der Waals surface area contributed by atoms with Crippen molar-refractivity contribution >= 4 is 40.0 Å². The van der Waals surface area contributed by atoms with E-state index in [1.807, 2.05) is 22.6 Å². The highest BCUT2D eigenvalue weighted by Gasteiger charge is 2.20. The molecule has 3 rings (SSSR count). The standard InChI is InChI=1S/C21H23F3IN5O/c1-3-30(4-2)11-5-10-26-21-29-28-20(31-21)14-7-8-15(22)18(24)19(14)27-17-9-6-13(25)12-16(17)23/h6-9,12,27H,3-5,10-11H2,1-2H3,(H,26,29). The van der Waals surface area contributed by atoms with Crippen LogP contribution in [0.4, 0.5) is 30.6 Å². The Morgan fingerprint density at radius 1 is 1.03 bits per heavy atom. The van der Waals surface area contributed by atoms with E-state index >= 15 is 0 Å². The van der Waals surface area contributed by atoms with Gasteiger partial charge < -0.3 is 20.0 Å². The molecule has 0 aliphatic rings. The van der Waals surface area contributed by atoms with Gasteiger partial charge in [-0.15, -0.1) is 5.10 Å². The first-order chi connectivity index (χ1) is 14.9. The number of hydrogen-bond acceptors (Lipinski definition) is 6. The van der Waals surface area contributed by atoms with Gasteiger partial charge in [-0.25, -0.2) is 13.2 Å². The molecule has 0 fully saturated rings. The molecule has 31 heavy (non-hydrogen) atoms. The Kier molecular flexibility index (Phi) is 8.13. The number of halogens is 4. The second-order valence-electron chi connectivity index (χ2n) is 6.75. The molecule has 0 unspecified atom stereocenters. The minimum atomic E-state index is -1.16. The summed E-state index contributed by atoms with van der Waals surface area (Å²) in [7, 11) is 0. The summed E-state index contributed by atoms with van der Waals surface area (Å²) in [4.78, 5) is 2.30. The maximum atomic E-state index is 14.6. The highest BCUT2D eigenvalue weighted by atomic mass is 127. The van der Waals surface area contributed by atoms with Crippen molar-refractivity contribution in [3.05, 3.63) is 51.4 Å². The van der Waals surface area contributed by atoms with Gasteiger partial charge in [-0.05, 0) is 79.0 Å². The van der Waals surface area contributed by atoms with Gasteiger partial charge in [-0.3, -0.25) is 0 Å². The molecule has 0 atom stereocenters. The number of nitrogens with one attached hydrogen (secondary N) is 2. The molecular weight excluding hydrogens is 522 g/mol. The summed E-state index contributed by atoms with van der Waals surface area (Å²) < 4.78 is 49.0. The van der Waals surface area contributed by atoms with E-state index < -0.39 is 17.5 Å². The molecule has 0 saturated heterocycles. The maximum Gasteiger partial charge on any atom is 0.315 e. The second-order valence-corrected chi connectivity index (χ2v) is 8.00. The van der Waals surface area contributed by atoms with Gasteiger partial charge >= 0.3 is 6.01 Å². The van der Waals surface area contributed by atoms with E-state index in [9.17, 15) is 13.2 Å². The number of rotatable bonds is 10. The van der Waals surface area contributed by atoms with Gasteiger partial charge in [0.05, 0.1) is 16.9 Å². The Bertz CT molecular complexity index is 1030. The van der Waals surface area contributed by atoms with Gasteiger partial charge in [0.15, 0.2) is 11.6 Å². The van der Waals surface area contributed by atoms with E-state index in [-0.39, 0.29) is 28.8 Å². The molecule has 0 aliphatic carbocycles. The topological polar surface area (TPSA) is 66.2 Å². The molecule has 0 amide bonds. The van der Waals surface area contributed by atoms with E-state index in [1.165, 1.54) is 18.2 Å². The van der Waals surface area contributed by atoms with E-state index in [0.717, 1.165) is 32.1 Å². The van der Waals surface area contributed by atoms with Crippen LogP contribution in [-0.4, -0.2) is 41.3 Å². The van der Waals surface area contributed by atoms with Crippen molar-refractivity contribution in [3.63, 3.8) is 0 Å². The number of hydrogen-bond donors (Lipinski definition) is 2. The monoisotopic (exact) mass is 545 g/mol. The Balaban J connectivity index is 1.78. The van der Waals surface area contributed by atoms with Crippen LogP contribution in [0.3, 0.4) is 0 Å². The van der Waals surface area contributed by atoms with Crippen molar-refractivity contribution in [2.24, 2.45) is 0 Å². The normalized spacial score (nSPS) is 11.2. The summed E-state index contributed by atoms with van der Waals surface area (Å²) in [5.74, 6) is -2.85. The van der Waals surface area contributed by atoms with Gasteiger partial charge in [-0.2, -0.15) is 0 Å². The summed E-state index contributed by atoms with van der Waals surface area (Å²) in [6, 6.07) is 6.82. The minimum Gasteiger partial charge on any atom is -0.403 e. The molecule has 1 aromatic heterocycles. The van der Waals surface area contributed by atoms with Gasteiger partial charge in [0.1, 0.15) is 5.82 Å². The largest absolute Gasteiger partial charge is 0.403 e. The molecular formula is C21H23F3IN5O. The van der Waals surface area contributed by atoms with Crippen molar-refractivity contribution in [1.82, 2.24) is 15.1 Å². The summed E-state index contributed by atoms with van der Waals surface area (Å²) >= 11 is 1.96. The molecule has 3 aromatic rings. The molecule has 2 aromatic carbocycles. The van der Waals surface area contributed by atoms with Crippen LogP contribution < -0.4 is 10.6 Å². The summed E-state index contributed by atoms with van der Waals surface area (Å²) in [5.41, 5.74) is -0.155. The summed E-state index contributed by atoms with van der Waals surface area (Å²) in [5, 5.41) is 13.5. The van der Waals surface area contributed by atoms with Crippen LogP contribution in [0.25, 0.3) is 11.5 Å². The fraction of sp³-hybridized carbons (Fsp3) is 0.333. The second kappa shape index (κ2) is 10.8. The van der Waals surface area contributed by atoms with E-state index in [2.05, 4.69) is 39.6 Å². The van der Waals surface area contributed by atoms with Gasteiger partial charge in [-0.1, -0.05) is 18.9 Å². The van der Waals surface area contributed by atoms with Crippen molar-refractivity contribution in [2.75, 3.05) is 36.8 Å². The third kappa shape index (κ3) is 5.88. The molecule has 0 spiro atoms. The lowest BCUT2D eigenvalue weighted by Crippen LogP contribution is -2.25. The molecule has 2 N–H and O–H groups in total. The number of nitrogens with zero attached hydrogens (tertiary/aromatic N) is 3. The lowest BCUT2D eigenvalue weighted by Gasteiger charge is -2.17. The molecule has 10 heteroatoms. The van der Waals surface area contributed by atoms with Crippen molar-refractivity contribution in [2.45, 2.75) is 20.3 Å². The average Bonchev–Trinajstić information content (AvgIpc) is 3.22. The van der Waals surface area contributed by atoms with Crippen molar-refractivity contribution < 1.29 is 17.6 Å². The molecule has 0 radical (unpaired) electrons. The summed E-state index contributed by atoms with van der Waals surface area (Å²) in [6.07, 6.45) is 0.878. The van der Waals surface area contributed by atoms with Crippen molar-refractivity contribution in [3.8, 4) is 11.5 Å². The predicted molar refractivity (Wildman–Crippen MR) is 123 cm³/mol. The lowest BCUT2D eigenvalue weighted by atomic mass is 10.1. The van der Waals surface area contributed by atoms with Crippen LogP contribution in [-0.2, 0) is 0 Å². The van der Waals surface area contributed by atoms with Crippen LogP contribution in [0, 0.1) is 21.0 Å². The maximum absolute atomic E-state index is 14.6. The molecule has 6 nitrogen and oxygen atoms in total. The van der Waals surface area contributed by atoms with E-state index in [0.29, 0.717) is 10.1 Å². The zero-order valence-electron chi connectivity index (χ0n) is 17.2. The molecule has 0 bridgehead atoms. The molecule has 166 valence electrons. The van der Waals surface area contributed by atoms with Gasteiger partial charge in [0, 0.05) is 10.1 Å². The van der Waals surface area contributed by atoms with Gasteiger partial charge in [0.25, 0.3) is 5.89 Å². The Hall–Kier alpha value is -2.34. The first-order valence-corrected chi connectivity index (χ1v) is 11.0. The fourth-order valence-corrected chi connectivity index (χ4v) is 3.47. The minimum absolute atomic E-state index is 0.000400. The average molecular weight is 545 g/mol.